The highest BCUT2D eigenvalue weighted by molar-refractivity contribution is 5.36. The van der Waals surface area contributed by atoms with Crippen molar-refractivity contribution in [3.63, 3.8) is 0 Å². The SMILES string of the molecule is CCc1nn(C)cc1CNc1ccc(C#N)nn1. The molecule has 6 nitrogen and oxygen atoms in total. The van der Waals surface area contributed by atoms with E-state index in [0.29, 0.717) is 18.1 Å². The molecular formula is C12H14N6. The Morgan fingerprint density at radius 3 is 2.83 bits per heavy atom. The molecule has 18 heavy (non-hydrogen) atoms. The van der Waals surface area contributed by atoms with Gasteiger partial charge in [-0.1, -0.05) is 6.92 Å². The molecule has 0 radical (unpaired) electrons. The predicted octanol–water partition coefficient (Wildman–Crippen LogP) is 1.26. The van der Waals surface area contributed by atoms with Crippen LogP contribution in [-0.4, -0.2) is 20.0 Å². The first-order valence-electron chi connectivity index (χ1n) is 5.72. The average molecular weight is 242 g/mol. The first kappa shape index (κ1) is 12.0. The van der Waals surface area contributed by atoms with Crippen molar-refractivity contribution in [1.82, 2.24) is 20.0 Å². The van der Waals surface area contributed by atoms with E-state index in [2.05, 4.69) is 27.5 Å². The van der Waals surface area contributed by atoms with Gasteiger partial charge < -0.3 is 5.32 Å². The molecule has 0 saturated heterocycles. The van der Waals surface area contributed by atoms with Crippen LogP contribution in [0, 0.1) is 11.3 Å². The molecule has 6 heteroatoms. The zero-order chi connectivity index (χ0) is 13.0. The Morgan fingerprint density at radius 1 is 1.39 bits per heavy atom. The lowest BCUT2D eigenvalue weighted by atomic mass is 10.2. The Kier molecular flexibility index (Phi) is 3.53. The van der Waals surface area contributed by atoms with Crippen LogP contribution in [0.15, 0.2) is 18.3 Å². The summed E-state index contributed by atoms with van der Waals surface area (Å²) in [4.78, 5) is 0. The number of aromatic nitrogens is 4. The molecule has 0 aliphatic rings. The first-order valence-corrected chi connectivity index (χ1v) is 5.72. The van der Waals surface area contributed by atoms with Gasteiger partial charge in [0.05, 0.1) is 5.69 Å². The van der Waals surface area contributed by atoms with Crippen LogP contribution in [0.3, 0.4) is 0 Å². The van der Waals surface area contributed by atoms with Crippen molar-refractivity contribution < 1.29 is 0 Å². The summed E-state index contributed by atoms with van der Waals surface area (Å²) in [6, 6.07) is 5.32. The van der Waals surface area contributed by atoms with Crippen LogP contribution in [0.1, 0.15) is 23.9 Å². The van der Waals surface area contributed by atoms with Gasteiger partial charge in [0, 0.05) is 25.4 Å². The maximum Gasteiger partial charge on any atom is 0.163 e. The number of nitriles is 1. The predicted molar refractivity (Wildman–Crippen MR) is 66.7 cm³/mol. The fraction of sp³-hybridized carbons (Fsp3) is 0.333. The summed E-state index contributed by atoms with van der Waals surface area (Å²) in [6.07, 6.45) is 2.89. The van der Waals surface area contributed by atoms with Crippen LogP contribution >= 0.6 is 0 Å². The van der Waals surface area contributed by atoms with Crippen LogP contribution in [-0.2, 0) is 20.0 Å². The fourth-order valence-electron chi connectivity index (χ4n) is 1.70. The number of nitrogens with zero attached hydrogens (tertiary/aromatic N) is 5. The largest absolute Gasteiger partial charge is 0.364 e. The van der Waals surface area contributed by atoms with Gasteiger partial charge in [-0.3, -0.25) is 4.68 Å². The molecule has 2 aromatic rings. The van der Waals surface area contributed by atoms with Gasteiger partial charge >= 0.3 is 0 Å². The Balaban J connectivity index is 2.04. The van der Waals surface area contributed by atoms with Crippen LogP contribution in [0.2, 0.25) is 0 Å². The second-order valence-corrected chi connectivity index (χ2v) is 3.90. The Hall–Kier alpha value is -2.42. The molecule has 0 atom stereocenters. The van der Waals surface area contributed by atoms with Gasteiger partial charge in [-0.25, -0.2) is 0 Å². The lowest BCUT2D eigenvalue weighted by Crippen LogP contribution is -2.03. The summed E-state index contributed by atoms with van der Waals surface area (Å²) in [5, 5.41) is 23.8. The third kappa shape index (κ3) is 2.63. The average Bonchev–Trinajstić information content (AvgIpc) is 2.77. The van der Waals surface area contributed by atoms with Gasteiger partial charge in [0.2, 0.25) is 0 Å². The van der Waals surface area contributed by atoms with Crippen molar-refractivity contribution in [2.24, 2.45) is 7.05 Å². The van der Waals surface area contributed by atoms with Crippen molar-refractivity contribution in [3.05, 3.63) is 35.3 Å². The van der Waals surface area contributed by atoms with Crippen molar-refractivity contribution in [2.75, 3.05) is 5.32 Å². The Labute approximate surface area is 105 Å². The topological polar surface area (TPSA) is 79.4 Å². The highest BCUT2D eigenvalue weighted by Gasteiger charge is 2.05. The lowest BCUT2D eigenvalue weighted by molar-refractivity contribution is 0.746. The maximum absolute atomic E-state index is 8.62. The number of anilines is 1. The third-order valence-electron chi connectivity index (χ3n) is 2.57. The van der Waals surface area contributed by atoms with Gasteiger partial charge in [-0.05, 0) is 18.6 Å². The smallest absolute Gasteiger partial charge is 0.163 e. The molecule has 0 amide bonds. The van der Waals surface area contributed by atoms with E-state index in [4.69, 9.17) is 5.26 Å². The number of aryl methyl sites for hydroxylation is 2. The maximum atomic E-state index is 8.62. The van der Waals surface area contributed by atoms with Gasteiger partial charge in [-0.15, -0.1) is 10.2 Å². The monoisotopic (exact) mass is 242 g/mol. The summed E-state index contributed by atoms with van der Waals surface area (Å²) >= 11 is 0. The van der Waals surface area contributed by atoms with E-state index in [0.717, 1.165) is 17.7 Å². The van der Waals surface area contributed by atoms with Crippen LogP contribution < -0.4 is 5.32 Å². The van der Waals surface area contributed by atoms with Crippen LogP contribution in [0.4, 0.5) is 5.82 Å². The number of hydrogen-bond donors (Lipinski definition) is 1. The molecule has 0 bridgehead atoms. The standard InChI is InChI=1S/C12H14N6/c1-3-11-9(8-18(2)17-11)7-14-12-5-4-10(6-13)15-16-12/h4-5,8H,3,7H2,1-2H3,(H,14,16). The highest BCUT2D eigenvalue weighted by atomic mass is 15.3. The molecule has 1 N–H and O–H groups in total. The fourth-order valence-corrected chi connectivity index (χ4v) is 1.70. The molecule has 0 unspecified atom stereocenters. The zero-order valence-electron chi connectivity index (χ0n) is 10.4. The molecule has 2 rings (SSSR count). The Bertz CT molecular complexity index is 563. The van der Waals surface area contributed by atoms with Crippen LogP contribution in [0.25, 0.3) is 0 Å². The van der Waals surface area contributed by atoms with E-state index < -0.39 is 0 Å². The van der Waals surface area contributed by atoms with E-state index in [1.54, 1.807) is 16.8 Å². The van der Waals surface area contributed by atoms with E-state index >= 15 is 0 Å². The molecule has 0 fully saturated rings. The van der Waals surface area contributed by atoms with E-state index in [9.17, 15) is 0 Å². The molecule has 0 aliphatic carbocycles. The molecule has 0 spiro atoms. The van der Waals surface area contributed by atoms with Gasteiger partial charge in [0.25, 0.3) is 0 Å². The summed E-state index contributed by atoms with van der Waals surface area (Å²) in [5.41, 5.74) is 2.54. The first-order chi connectivity index (χ1) is 8.72. The molecule has 0 saturated carbocycles. The number of nitrogens with one attached hydrogen (secondary N) is 1. The molecule has 92 valence electrons. The third-order valence-corrected chi connectivity index (χ3v) is 2.57. The minimum Gasteiger partial charge on any atom is -0.364 e. The van der Waals surface area contributed by atoms with Crippen molar-refractivity contribution in [3.8, 4) is 6.07 Å². The van der Waals surface area contributed by atoms with Crippen LogP contribution in [0.5, 0.6) is 0 Å². The van der Waals surface area contributed by atoms with Gasteiger partial charge in [0.15, 0.2) is 5.69 Å². The van der Waals surface area contributed by atoms with E-state index in [1.807, 2.05) is 19.3 Å². The normalized spacial score (nSPS) is 10.1. The van der Waals surface area contributed by atoms with Crippen molar-refractivity contribution in [1.29, 1.82) is 5.26 Å². The lowest BCUT2D eigenvalue weighted by Gasteiger charge is -2.03. The summed E-state index contributed by atoms with van der Waals surface area (Å²) in [7, 11) is 1.91. The molecular weight excluding hydrogens is 228 g/mol. The summed E-state index contributed by atoms with van der Waals surface area (Å²) in [5.74, 6) is 0.653. The van der Waals surface area contributed by atoms with Gasteiger partial charge in [0.1, 0.15) is 11.9 Å². The quantitative estimate of drug-likeness (QED) is 0.873. The molecule has 2 heterocycles. The number of rotatable bonds is 4. The minimum absolute atomic E-state index is 0.316. The summed E-state index contributed by atoms with van der Waals surface area (Å²) < 4.78 is 1.81. The van der Waals surface area contributed by atoms with Crippen molar-refractivity contribution >= 4 is 5.82 Å². The van der Waals surface area contributed by atoms with E-state index in [-0.39, 0.29) is 0 Å². The molecule has 0 aromatic carbocycles. The second kappa shape index (κ2) is 5.27. The Morgan fingerprint density at radius 2 is 2.22 bits per heavy atom. The van der Waals surface area contributed by atoms with Crippen molar-refractivity contribution in [2.45, 2.75) is 19.9 Å². The van der Waals surface area contributed by atoms with E-state index in [1.165, 1.54) is 0 Å². The van der Waals surface area contributed by atoms with Gasteiger partial charge in [-0.2, -0.15) is 10.4 Å². The zero-order valence-corrected chi connectivity index (χ0v) is 10.4. The number of hydrogen-bond acceptors (Lipinski definition) is 5. The molecule has 2 aromatic heterocycles. The summed E-state index contributed by atoms with van der Waals surface area (Å²) in [6.45, 7) is 2.73. The minimum atomic E-state index is 0.316. The second-order valence-electron chi connectivity index (χ2n) is 3.90. The molecule has 0 aliphatic heterocycles. The highest BCUT2D eigenvalue weighted by Crippen LogP contribution is 2.10.